The maximum absolute atomic E-state index is 14.0. The number of ketones is 1. The fourth-order valence-corrected chi connectivity index (χ4v) is 3.95. The fourth-order valence-electron chi connectivity index (χ4n) is 3.95. The van der Waals surface area contributed by atoms with Gasteiger partial charge in [-0.3, -0.25) is 14.4 Å². The summed E-state index contributed by atoms with van der Waals surface area (Å²) in [7, 11) is 1.35. The van der Waals surface area contributed by atoms with E-state index in [-0.39, 0.29) is 51.2 Å². The third kappa shape index (κ3) is 5.84. The van der Waals surface area contributed by atoms with Crippen molar-refractivity contribution in [3.8, 4) is 11.5 Å². The summed E-state index contributed by atoms with van der Waals surface area (Å²) >= 11 is 0. The number of carbonyl (C=O) groups excluding carboxylic acids is 3. The molecule has 3 rings (SSSR count). The van der Waals surface area contributed by atoms with Crippen molar-refractivity contribution in [1.82, 2.24) is 0 Å². The highest BCUT2D eigenvalue weighted by atomic mass is 16.7. The summed E-state index contributed by atoms with van der Waals surface area (Å²) in [6, 6.07) is 2.32. The molecule has 40 heavy (non-hydrogen) atoms. The lowest BCUT2D eigenvalue weighted by Crippen LogP contribution is -2.29. The molecule has 0 amide bonds. The first-order chi connectivity index (χ1) is 18.4. The van der Waals surface area contributed by atoms with E-state index in [2.05, 4.69) is 0 Å². The molecule has 0 aliphatic heterocycles. The summed E-state index contributed by atoms with van der Waals surface area (Å²) in [6.07, 6.45) is 0. The number of aromatic carboxylic acids is 1. The van der Waals surface area contributed by atoms with E-state index < -0.39 is 51.4 Å². The van der Waals surface area contributed by atoms with E-state index in [0.29, 0.717) is 0 Å². The second-order valence-electron chi connectivity index (χ2n) is 11.2. The predicted octanol–water partition coefficient (Wildman–Crippen LogP) is 5.04. The van der Waals surface area contributed by atoms with Gasteiger partial charge in [-0.2, -0.15) is 0 Å². The van der Waals surface area contributed by atoms with Crippen molar-refractivity contribution >= 4 is 45.6 Å². The Morgan fingerprint density at radius 2 is 1.62 bits per heavy atom. The molecule has 214 valence electrons. The molecule has 1 heterocycles. The summed E-state index contributed by atoms with van der Waals surface area (Å²) in [5.41, 5.74) is -3.99. The SMILES string of the molecule is COCOc1cc2oc3c(C(C)=O)c(C)c(C(=O)O)cc3c(=O)c2c(C(=O)OC(C)(C)C)c1OC(=O)C(C)(C)C. The topological polar surface area (TPSA) is 156 Å². The first-order valence-corrected chi connectivity index (χ1v) is 12.3. The van der Waals surface area contributed by atoms with Crippen LogP contribution in [0.2, 0.25) is 0 Å². The Kier molecular flexibility index (Phi) is 8.12. The van der Waals surface area contributed by atoms with Gasteiger partial charge < -0.3 is 28.5 Å². The van der Waals surface area contributed by atoms with Gasteiger partial charge in [0.05, 0.1) is 27.3 Å². The van der Waals surface area contributed by atoms with Gasteiger partial charge in [0, 0.05) is 13.2 Å². The lowest BCUT2D eigenvalue weighted by atomic mass is 9.94. The summed E-state index contributed by atoms with van der Waals surface area (Å²) in [5.74, 6) is -4.24. The largest absolute Gasteiger partial charge is 0.478 e. The van der Waals surface area contributed by atoms with Crippen molar-refractivity contribution in [1.29, 1.82) is 0 Å². The van der Waals surface area contributed by atoms with Crippen LogP contribution < -0.4 is 14.9 Å². The second kappa shape index (κ2) is 10.7. The number of hydrogen-bond acceptors (Lipinski definition) is 10. The molecular formula is C29H32O11. The summed E-state index contributed by atoms with van der Waals surface area (Å²) in [4.78, 5) is 65.1. The van der Waals surface area contributed by atoms with Crippen molar-refractivity contribution < 1.29 is 47.6 Å². The molecular weight excluding hydrogens is 524 g/mol. The van der Waals surface area contributed by atoms with Crippen LogP contribution >= 0.6 is 0 Å². The lowest BCUT2D eigenvalue weighted by molar-refractivity contribution is -0.143. The molecule has 0 aliphatic carbocycles. The van der Waals surface area contributed by atoms with E-state index in [4.69, 9.17) is 23.4 Å². The monoisotopic (exact) mass is 556 g/mol. The average molecular weight is 557 g/mol. The zero-order valence-electron chi connectivity index (χ0n) is 23.9. The van der Waals surface area contributed by atoms with E-state index in [1.54, 1.807) is 41.5 Å². The molecule has 0 aliphatic rings. The molecule has 11 nitrogen and oxygen atoms in total. The minimum atomic E-state index is -1.36. The van der Waals surface area contributed by atoms with Crippen LogP contribution in [0.1, 0.15) is 85.1 Å². The maximum atomic E-state index is 14.0. The van der Waals surface area contributed by atoms with Crippen LogP contribution in [0.25, 0.3) is 21.9 Å². The van der Waals surface area contributed by atoms with Crippen molar-refractivity contribution in [2.75, 3.05) is 13.9 Å². The van der Waals surface area contributed by atoms with Crippen LogP contribution in [-0.4, -0.2) is 48.3 Å². The zero-order chi connectivity index (χ0) is 30.3. The number of esters is 2. The van der Waals surface area contributed by atoms with Crippen LogP contribution in [-0.2, 0) is 14.3 Å². The number of hydrogen-bond donors (Lipinski definition) is 1. The van der Waals surface area contributed by atoms with Crippen LogP contribution in [0.5, 0.6) is 11.5 Å². The Morgan fingerprint density at radius 3 is 2.12 bits per heavy atom. The van der Waals surface area contributed by atoms with Crippen molar-refractivity contribution in [3.63, 3.8) is 0 Å². The molecule has 11 heteroatoms. The van der Waals surface area contributed by atoms with Gasteiger partial charge in [0.2, 0.25) is 5.43 Å². The summed E-state index contributed by atoms with van der Waals surface area (Å²) < 4.78 is 27.8. The van der Waals surface area contributed by atoms with Crippen LogP contribution in [0.3, 0.4) is 0 Å². The number of rotatable bonds is 7. The second-order valence-corrected chi connectivity index (χ2v) is 11.2. The molecule has 0 atom stereocenters. The van der Waals surface area contributed by atoms with Crippen LogP contribution in [0.4, 0.5) is 0 Å². The Bertz CT molecular complexity index is 1610. The highest BCUT2D eigenvalue weighted by Gasteiger charge is 2.34. The zero-order valence-corrected chi connectivity index (χ0v) is 23.9. The summed E-state index contributed by atoms with van der Waals surface area (Å²) in [5, 5.41) is 9.13. The Morgan fingerprint density at radius 1 is 1.00 bits per heavy atom. The average Bonchev–Trinajstić information content (AvgIpc) is 2.80. The molecule has 3 aromatic rings. The number of carboxylic acid groups (broad SMARTS) is 1. The molecule has 0 saturated heterocycles. The van der Waals surface area contributed by atoms with E-state index in [9.17, 15) is 29.1 Å². The molecule has 0 fully saturated rings. The van der Waals surface area contributed by atoms with Crippen LogP contribution in [0.15, 0.2) is 21.3 Å². The van der Waals surface area contributed by atoms with Gasteiger partial charge in [-0.05, 0) is 67.0 Å². The number of fused-ring (bicyclic) bond motifs is 2. The third-order valence-electron chi connectivity index (χ3n) is 5.76. The molecule has 2 aromatic carbocycles. The van der Waals surface area contributed by atoms with Gasteiger partial charge in [-0.1, -0.05) is 0 Å². The number of Topliss-reactive ketones (excluding diaryl/α,β-unsaturated/α-hetero) is 1. The first-order valence-electron chi connectivity index (χ1n) is 12.3. The number of methoxy groups -OCH3 is 1. The van der Waals surface area contributed by atoms with E-state index in [1.807, 2.05) is 0 Å². The predicted molar refractivity (Wildman–Crippen MR) is 144 cm³/mol. The molecule has 1 aromatic heterocycles. The lowest BCUT2D eigenvalue weighted by Gasteiger charge is -2.23. The van der Waals surface area contributed by atoms with Gasteiger partial charge in [0.1, 0.15) is 22.3 Å². The molecule has 0 radical (unpaired) electrons. The van der Waals surface area contributed by atoms with Gasteiger partial charge in [-0.15, -0.1) is 0 Å². The van der Waals surface area contributed by atoms with Crippen LogP contribution in [0, 0.1) is 12.3 Å². The normalized spacial score (nSPS) is 11.9. The Balaban J connectivity index is 2.62. The maximum Gasteiger partial charge on any atom is 0.343 e. The molecule has 1 N–H and O–H groups in total. The van der Waals surface area contributed by atoms with Crippen molar-refractivity contribution in [2.45, 2.75) is 61.0 Å². The minimum absolute atomic E-state index is 0.102. The molecule has 0 saturated carbocycles. The molecule has 0 unspecified atom stereocenters. The number of ether oxygens (including phenoxy) is 4. The van der Waals surface area contributed by atoms with E-state index in [1.165, 1.54) is 27.0 Å². The smallest absolute Gasteiger partial charge is 0.343 e. The number of carbonyl (C=O) groups is 4. The van der Waals surface area contributed by atoms with Gasteiger partial charge in [0.15, 0.2) is 24.1 Å². The third-order valence-corrected chi connectivity index (χ3v) is 5.76. The van der Waals surface area contributed by atoms with Gasteiger partial charge in [0.25, 0.3) is 0 Å². The van der Waals surface area contributed by atoms with E-state index in [0.717, 1.165) is 6.07 Å². The van der Waals surface area contributed by atoms with E-state index >= 15 is 0 Å². The quantitative estimate of drug-likeness (QED) is 0.137. The standard InChI is InChI=1S/C29H32O11/c1-13-15(25(32)33)10-16-22(31)20-17(38-23(16)19(13)14(2)30)11-18(37-12-36-9)24(39-27(35)28(3,4)5)21(20)26(34)40-29(6,7)8/h10-11H,12H2,1-9H3,(H,32,33). The minimum Gasteiger partial charge on any atom is -0.478 e. The highest BCUT2D eigenvalue weighted by Crippen LogP contribution is 2.41. The van der Waals surface area contributed by atoms with Gasteiger partial charge in [-0.25, -0.2) is 9.59 Å². The van der Waals surface area contributed by atoms with Crippen molar-refractivity contribution in [3.05, 3.63) is 44.6 Å². The highest BCUT2D eigenvalue weighted by molar-refractivity contribution is 6.14. The van der Waals surface area contributed by atoms with Crippen molar-refractivity contribution in [2.24, 2.45) is 5.41 Å². The Labute approximate surface area is 229 Å². The Hall–Kier alpha value is -4.25. The molecule has 0 bridgehead atoms. The number of benzene rings is 2. The fraction of sp³-hybridized carbons (Fsp3) is 0.414. The molecule has 0 spiro atoms. The number of carboxylic acids is 1. The summed E-state index contributed by atoms with van der Waals surface area (Å²) in [6.45, 7) is 11.9. The first kappa shape index (κ1) is 30.3. The van der Waals surface area contributed by atoms with Gasteiger partial charge >= 0.3 is 17.9 Å².